The van der Waals surface area contributed by atoms with Gasteiger partial charge in [-0.1, -0.05) is 31.2 Å². The van der Waals surface area contributed by atoms with E-state index in [-0.39, 0.29) is 17.4 Å². The van der Waals surface area contributed by atoms with Crippen molar-refractivity contribution in [2.45, 2.75) is 19.5 Å². The van der Waals surface area contributed by atoms with Crippen LogP contribution in [-0.4, -0.2) is 16.1 Å². The Morgan fingerprint density at radius 2 is 1.74 bits per heavy atom. The van der Waals surface area contributed by atoms with Gasteiger partial charge in [0.1, 0.15) is 17.7 Å². The topological polar surface area (TPSA) is 72.8 Å². The number of anilines is 2. The van der Waals surface area contributed by atoms with Gasteiger partial charge < -0.3 is 15.5 Å². The highest BCUT2D eigenvalue weighted by Gasteiger charge is 2.35. The summed E-state index contributed by atoms with van der Waals surface area (Å²) in [5.41, 5.74) is 3.71. The molecule has 4 rings (SSSR count). The number of aryl methyl sites for hydroxylation is 1. The van der Waals surface area contributed by atoms with Crippen LogP contribution in [0.5, 0.6) is 11.5 Å². The third-order valence-corrected chi connectivity index (χ3v) is 4.86. The molecule has 0 saturated carbocycles. The van der Waals surface area contributed by atoms with Gasteiger partial charge in [0.05, 0.1) is 5.56 Å². The first-order chi connectivity index (χ1) is 13.1. The molecule has 5 nitrogen and oxygen atoms in total. The molecular weight excluding hydrogens is 340 g/mol. The Bertz CT molecular complexity index is 999. The number of aromatic hydroxyl groups is 2. The maximum atomic E-state index is 13.3. The lowest BCUT2D eigenvalue weighted by Gasteiger charge is -2.38. The first-order valence-corrected chi connectivity index (χ1v) is 8.88. The lowest BCUT2D eigenvalue weighted by molar-refractivity contribution is 0.0974. The summed E-state index contributed by atoms with van der Waals surface area (Å²) in [5, 5.41) is 23.4. The van der Waals surface area contributed by atoms with E-state index in [1.165, 1.54) is 17.7 Å². The van der Waals surface area contributed by atoms with Gasteiger partial charge in [-0.15, -0.1) is 0 Å². The minimum Gasteiger partial charge on any atom is -0.508 e. The summed E-state index contributed by atoms with van der Waals surface area (Å²) in [6.45, 7) is 2.08. The third kappa shape index (κ3) is 2.97. The van der Waals surface area contributed by atoms with Crippen molar-refractivity contribution in [2.75, 3.05) is 10.2 Å². The monoisotopic (exact) mass is 360 g/mol. The molecule has 0 aromatic heterocycles. The van der Waals surface area contributed by atoms with E-state index in [2.05, 4.69) is 12.2 Å². The summed E-state index contributed by atoms with van der Waals surface area (Å²) in [7, 11) is 0. The fourth-order valence-corrected chi connectivity index (χ4v) is 3.39. The number of carbonyl (C=O) groups is 1. The van der Waals surface area contributed by atoms with Crippen molar-refractivity contribution in [2.24, 2.45) is 0 Å². The normalized spacial score (nSPS) is 16.0. The number of rotatable bonds is 3. The molecule has 0 spiro atoms. The molecule has 0 aliphatic carbocycles. The molecule has 27 heavy (non-hydrogen) atoms. The summed E-state index contributed by atoms with van der Waals surface area (Å²) >= 11 is 0. The highest BCUT2D eigenvalue weighted by Crippen LogP contribution is 2.40. The van der Waals surface area contributed by atoms with Gasteiger partial charge in [0, 0.05) is 23.0 Å². The zero-order valence-corrected chi connectivity index (χ0v) is 14.9. The molecule has 0 unspecified atom stereocenters. The molecule has 1 amide bonds. The number of fused-ring (bicyclic) bond motifs is 1. The predicted molar refractivity (Wildman–Crippen MR) is 105 cm³/mol. The number of benzene rings is 3. The van der Waals surface area contributed by atoms with Crippen LogP contribution in [-0.2, 0) is 6.42 Å². The van der Waals surface area contributed by atoms with Crippen molar-refractivity contribution in [1.82, 2.24) is 0 Å². The fourth-order valence-electron chi connectivity index (χ4n) is 3.39. The second-order valence-electron chi connectivity index (χ2n) is 6.53. The molecule has 1 heterocycles. The predicted octanol–water partition coefficient (Wildman–Crippen LogP) is 4.43. The summed E-state index contributed by atoms with van der Waals surface area (Å²) in [6.07, 6.45) is 0.317. The Kier molecular flexibility index (Phi) is 4.20. The molecule has 1 aliphatic heterocycles. The van der Waals surface area contributed by atoms with Crippen LogP contribution in [0.15, 0.2) is 66.7 Å². The van der Waals surface area contributed by atoms with Gasteiger partial charge in [-0.2, -0.15) is 0 Å². The largest absolute Gasteiger partial charge is 0.508 e. The van der Waals surface area contributed by atoms with Crippen LogP contribution in [0.25, 0.3) is 0 Å². The molecule has 0 bridgehead atoms. The Labute approximate surface area is 157 Å². The van der Waals surface area contributed by atoms with Crippen molar-refractivity contribution in [3.8, 4) is 11.5 Å². The van der Waals surface area contributed by atoms with Crippen molar-refractivity contribution in [3.05, 3.63) is 83.4 Å². The maximum absolute atomic E-state index is 13.3. The average Bonchev–Trinajstić information content (AvgIpc) is 2.68. The van der Waals surface area contributed by atoms with Crippen LogP contribution >= 0.6 is 0 Å². The molecule has 136 valence electrons. The third-order valence-electron chi connectivity index (χ3n) is 4.86. The van der Waals surface area contributed by atoms with Crippen LogP contribution in [0.3, 0.4) is 0 Å². The molecule has 3 N–H and O–H groups in total. The molecule has 3 aromatic carbocycles. The number of carbonyl (C=O) groups excluding carboxylic acids is 1. The molecule has 1 atom stereocenters. The van der Waals surface area contributed by atoms with Gasteiger partial charge in [-0.25, -0.2) is 0 Å². The quantitative estimate of drug-likeness (QED) is 0.646. The van der Waals surface area contributed by atoms with E-state index in [1.54, 1.807) is 17.0 Å². The van der Waals surface area contributed by atoms with E-state index in [4.69, 9.17) is 0 Å². The molecule has 3 aromatic rings. The number of nitrogens with one attached hydrogen (secondary N) is 1. The number of amides is 1. The number of hydrogen-bond donors (Lipinski definition) is 3. The van der Waals surface area contributed by atoms with Crippen LogP contribution in [0.4, 0.5) is 11.4 Å². The van der Waals surface area contributed by atoms with E-state index in [0.29, 0.717) is 16.8 Å². The Balaban J connectivity index is 1.86. The number of para-hydroxylation sites is 1. The SMILES string of the molecule is CCc1ccc(N2C(=O)c3ccccc3N[C@@H]2c2ccc(O)cc2O)cc1. The first kappa shape index (κ1) is 17.0. The summed E-state index contributed by atoms with van der Waals surface area (Å²) in [4.78, 5) is 14.9. The van der Waals surface area contributed by atoms with E-state index in [9.17, 15) is 15.0 Å². The van der Waals surface area contributed by atoms with Crippen molar-refractivity contribution in [3.63, 3.8) is 0 Å². The van der Waals surface area contributed by atoms with E-state index >= 15 is 0 Å². The van der Waals surface area contributed by atoms with Gasteiger partial charge in [-0.05, 0) is 48.4 Å². The van der Waals surface area contributed by atoms with Crippen LogP contribution < -0.4 is 10.2 Å². The van der Waals surface area contributed by atoms with E-state index in [0.717, 1.165) is 12.1 Å². The van der Waals surface area contributed by atoms with E-state index in [1.807, 2.05) is 42.5 Å². The van der Waals surface area contributed by atoms with Crippen LogP contribution in [0, 0.1) is 0 Å². The van der Waals surface area contributed by atoms with Crippen molar-refractivity contribution >= 4 is 17.3 Å². The lowest BCUT2D eigenvalue weighted by atomic mass is 10.0. The van der Waals surface area contributed by atoms with Crippen LogP contribution in [0.1, 0.15) is 34.6 Å². The fraction of sp³-hybridized carbons (Fsp3) is 0.136. The molecule has 5 heteroatoms. The van der Waals surface area contributed by atoms with Gasteiger partial charge in [0.25, 0.3) is 5.91 Å². The molecule has 0 saturated heterocycles. The zero-order chi connectivity index (χ0) is 19.0. The van der Waals surface area contributed by atoms with Crippen LogP contribution in [0.2, 0.25) is 0 Å². The van der Waals surface area contributed by atoms with E-state index < -0.39 is 6.17 Å². The second-order valence-corrected chi connectivity index (χ2v) is 6.53. The molecule has 0 radical (unpaired) electrons. The Morgan fingerprint density at radius 3 is 2.44 bits per heavy atom. The van der Waals surface area contributed by atoms with Crippen molar-refractivity contribution < 1.29 is 15.0 Å². The number of hydrogen-bond acceptors (Lipinski definition) is 4. The minimum atomic E-state index is -0.597. The smallest absolute Gasteiger partial charge is 0.262 e. The van der Waals surface area contributed by atoms with Crippen molar-refractivity contribution in [1.29, 1.82) is 0 Å². The standard InChI is InChI=1S/C22H20N2O3/c1-2-14-7-9-15(10-8-14)24-21(18-12-11-16(25)13-20(18)26)23-19-6-4-3-5-17(19)22(24)27/h3-13,21,23,25-26H,2H2,1H3/t21-/m0/s1. The first-order valence-electron chi connectivity index (χ1n) is 8.88. The molecular formula is C22H20N2O3. The van der Waals surface area contributed by atoms with Gasteiger partial charge in [0.2, 0.25) is 0 Å². The summed E-state index contributed by atoms with van der Waals surface area (Å²) in [5.74, 6) is -0.251. The number of phenols is 2. The molecule has 1 aliphatic rings. The van der Waals surface area contributed by atoms with Gasteiger partial charge in [0.15, 0.2) is 0 Å². The minimum absolute atomic E-state index is 0.0300. The average molecular weight is 360 g/mol. The number of nitrogens with zero attached hydrogens (tertiary/aromatic N) is 1. The highest BCUT2D eigenvalue weighted by atomic mass is 16.3. The molecule has 0 fully saturated rings. The summed E-state index contributed by atoms with van der Waals surface area (Å²) in [6, 6.07) is 19.5. The lowest BCUT2D eigenvalue weighted by Crippen LogP contribution is -2.43. The zero-order valence-electron chi connectivity index (χ0n) is 14.9. The van der Waals surface area contributed by atoms with Gasteiger partial charge >= 0.3 is 0 Å². The summed E-state index contributed by atoms with van der Waals surface area (Å²) < 4.78 is 0. The number of phenolic OH excluding ortho intramolecular Hbond substituents is 2. The Hall–Kier alpha value is -3.47. The highest BCUT2D eigenvalue weighted by molar-refractivity contribution is 6.12. The Morgan fingerprint density at radius 1 is 1.00 bits per heavy atom. The maximum Gasteiger partial charge on any atom is 0.262 e. The second kappa shape index (κ2) is 6.68. The van der Waals surface area contributed by atoms with Gasteiger partial charge in [-0.3, -0.25) is 9.69 Å².